The molecule has 3 aromatic rings. The zero-order valence-electron chi connectivity index (χ0n) is 37.5. The summed E-state index contributed by atoms with van der Waals surface area (Å²) in [5.41, 5.74) is 0.619. The smallest absolute Gasteiger partial charge is 0.251 e. The summed E-state index contributed by atoms with van der Waals surface area (Å²) in [7, 11) is 3.26. The van der Waals surface area contributed by atoms with E-state index in [-0.39, 0.29) is 79.4 Å². The highest BCUT2D eigenvalue weighted by molar-refractivity contribution is 6.04. The number of halogens is 2. The van der Waals surface area contributed by atoms with E-state index in [1.165, 1.54) is 19.2 Å². The zero-order valence-corrected chi connectivity index (χ0v) is 37.5. The highest BCUT2D eigenvalue weighted by Gasteiger charge is 2.45. The van der Waals surface area contributed by atoms with Gasteiger partial charge in [-0.2, -0.15) is 4.98 Å². The summed E-state index contributed by atoms with van der Waals surface area (Å²) in [4.78, 5) is 82.3. The number of aliphatic hydroxyl groups is 1. The number of carbonyl (C=O) groups is 5. The minimum atomic E-state index is -1.10. The van der Waals surface area contributed by atoms with Crippen LogP contribution in [-0.4, -0.2) is 114 Å². The van der Waals surface area contributed by atoms with Gasteiger partial charge < -0.3 is 40.1 Å². The van der Waals surface area contributed by atoms with E-state index in [1.807, 2.05) is 13.8 Å². The van der Waals surface area contributed by atoms with Crippen LogP contribution >= 0.6 is 0 Å². The van der Waals surface area contributed by atoms with Gasteiger partial charge in [-0.15, -0.1) is 0 Å². The number of anilines is 5. The number of hydrogen-bond donors (Lipinski definition) is 4. The molecule has 2 aromatic carbocycles. The quantitative estimate of drug-likeness (QED) is 0.175. The predicted octanol–water partition coefficient (Wildman–Crippen LogP) is 5.17. The van der Waals surface area contributed by atoms with Gasteiger partial charge in [0.25, 0.3) is 5.91 Å². The Balaban J connectivity index is 0.923. The number of likely N-dealkylation sites (tertiary alicyclic amines) is 1. The van der Waals surface area contributed by atoms with Crippen molar-refractivity contribution in [3.63, 3.8) is 0 Å². The summed E-state index contributed by atoms with van der Waals surface area (Å²) in [6.45, 7) is 5.19. The van der Waals surface area contributed by atoms with Gasteiger partial charge in [0, 0.05) is 74.6 Å². The number of aliphatic hydroxyl groups excluding tert-OH is 1. The molecular formula is C47H59F2N9O7. The van der Waals surface area contributed by atoms with Gasteiger partial charge in [0.15, 0.2) is 5.82 Å². The number of aromatic nitrogens is 2. The van der Waals surface area contributed by atoms with Crippen molar-refractivity contribution >= 4 is 58.4 Å². The number of piperidine rings is 3. The van der Waals surface area contributed by atoms with Crippen LogP contribution in [0.4, 0.5) is 37.6 Å². The highest BCUT2D eigenvalue weighted by atomic mass is 19.1. The van der Waals surface area contributed by atoms with Crippen LogP contribution in [0.1, 0.15) is 106 Å². The molecule has 0 radical (unpaired) electrons. The molecule has 3 unspecified atom stereocenters. The van der Waals surface area contributed by atoms with E-state index >= 15 is 8.78 Å². The van der Waals surface area contributed by atoms with Crippen molar-refractivity contribution in [2.24, 2.45) is 11.8 Å². The number of hydrogen-bond acceptors (Lipinski definition) is 12. The maximum absolute atomic E-state index is 15.4. The van der Waals surface area contributed by atoms with Crippen LogP contribution in [0.25, 0.3) is 0 Å². The molecule has 0 bridgehead atoms. The van der Waals surface area contributed by atoms with Gasteiger partial charge in [0.2, 0.25) is 29.6 Å². The first-order valence-electron chi connectivity index (χ1n) is 22.9. The molecule has 8 rings (SSSR count). The third-order valence-electron chi connectivity index (χ3n) is 14.4. The molecule has 5 aliphatic rings. The topological polar surface area (TPSA) is 190 Å². The summed E-state index contributed by atoms with van der Waals surface area (Å²) in [6.07, 6.45) is 8.41. The van der Waals surface area contributed by atoms with E-state index in [0.29, 0.717) is 79.8 Å². The number of amides is 5. The number of nitrogens with one attached hydrogen (secondary N) is 3. The lowest BCUT2D eigenvalue weighted by Gasteiger charge is -2.48. The van der Waals surface area contributed by atoms with Gasteiger partial charge in [0.05, 0.1) is 30.8 Å². The Morgan fingerprint density at radius 2 is 1.77 bits per heavy atom. The summed E-state index contributed by atoms with van der Waals surface area (Å²) in [6, 6.07) is 7.32. The fourth-order valence-corrected chi connectivity index (χ4v) is 10.7. The standard InChI is InChI=1S/C47H59F2N9O7/c1-5-36-45(64)55(3)37-24-50-46(53-41(37)58(36)30-10-6-7-11-30)51-35-14-12-28(21-38(35)65-4)42(61)54-47(17-20-59)16-19-57(25-27(47)2)44(63)29-9-8-18-56(26-29)31-22-33(48)40(34(49)23-31)32-13-15-39(60)52-43(32)62/h12,14,21-24,27,29-30,32,36,59H,5-11,13,15-20,25-26H2,1-4H3,(H,54,61)(H,50,51,53)(H,52,60,62)/t27?,29-,32?,36-,47?/m1/s1. The van der Waals surface area contributed by atoms with Gasteiger partial charge >= 0.3 is 0 Å². The number of methoxy groups -OCH3 is 1. The van der Waals surface area contributed by atoms with Crippen LogP contribution in [0, 0.1) is 23.5 Å². The van der Waals surface area contributed by atoms with Crippen LogP contribution in [-0.2, 0) is 19.2 Å². The van der Waals surface area contributed by atoms with Gasteiger partial charge in [-0.3, -0.25) is 29.3 Å². The van der Waals surface area contributed by atoms with Gasteiger partial charge in [-0.05, 0) is 87.6 Å². The Morgan fingerprint density at radius 3 is 2.45 bits per heavy atom. The van der Waals surface area contributed by atoms with Crippen LogP contribution in [0.3, 0.4) is 0 Å². The lowest BCUT2D eigenvalue weighted by molar-refractivity contribution is -0.139. The summed E-state index contributed by atoms with van der Waals surface area (Å²) >= 11 is 0. The lowest BCUT2D eigenvalue weighted by Crippen LogP contribution is -2.62. The Morgan fingerprint density at radius 1 is 1.02 bits per heavy atom. The Kier molecular flexibility index (Phi) is 13.3. The average Bonchev–Trinajstić information content (AvgIpc) is 3.83. The van der Waals surface area contributed by atoms with Crippen molar-refractivity contribution in [1.82, 2.24) is 25.5 Å². The Bertz CT molecular complexity index is 2320. The number of carbonyl (C=O) groups excluding carboxylic acids is 5. The first-order valence-corrected chi connectivity index (χ1v) is 22.9. The summed E-state index contributed by atoms with van der Waals surface area (Å²) in [5, 5.41) is 18.9. The lowest BCUT2D eigenvalue weighted by atomic mass is 9.75. The molecule has 65 heavy (non-hydrogen) atoms. The molecule has 3 saturated heterocycles. The number of likely N-dealkylation sites (N-methyl/N-ethyl adjacent to an activating group) is 1. The molecule has 16 nitrogen and oxygen atoms in total. The van der Waals surface area contributed by atoms with Crippen molar-refractivity contribution in [3.05, 3.63) is 59.3 Å². The molecule has 4 aliphatic heterocycles. The summed E-state index contributed by atoms with van der Waals surface area (Å²) < 4.78 is 36.6. The minimum absolute atomic E-state index is 0.00538. The number of rotatable bonds is 12. The molecule has 348 valence electrons. The van der Waals surface area contributed by atoms with Crippen molar-refractivity contribution < 1.29 is 42.6 Å². The second-order valence-corrected chi connectivity index (χ2v) is 18.2. The molecule has 18 heteroatoms. The first kappa shape index (κ1) is 45.7. The van der Waals surface area contributed by atoms with E-state index in [9.17, 15) is 29.1 Å². The van der Waals surface area contributed by atoms with Crippen LogP contribution < -0.4 is 35.4 Å². The molecule has 1 aromatic heterocycles. The third-order valence-corrected chi connectivity index (χ3v) is 14.4. The number of benzene rings is 2. The van der Waals surface area contributed by atoms with E-state index in [0.717, 1.165) is 25.7 Å². The maximum atomic E-state index is 15.4. The summed E-state index contributed by atoms with van der Waals surface area (Å²) in [5.74, 6) is -3.72. The van der Waals surface area contributed by atoms with Gasteiger partial charge in [-0.1, -0.05) is 26.7 Å². The van der Waals surface area contributed by atoms with Crippen LogP contribution in [0.5, 0.6) is 5.75 Å². The minimum Gasteiger partial charge on any atom is -0.495 e. The predicted molar refractivity (Wildman–Crippen MR) is 239 cm³/mol. The maximum Gasteiger partial charge on any atom is 0.251 e. The number of fused-ring (bicyclic) bond motifs is 1. The zero-order chi connectivity index (χ0) is 46.2. The number of ether oxygens (including phenoxy) is 1. The van der Waals surface area contributed by atoms with E-state index in [4.69, 9.17) is 9.72 Å². The second kappa shape index (κ2) is 18.9. The van der Waals surface area contributed by atoms with Gasteiger partial charge in [0.1, 0.15) is 29.1 Å². The molecule has 4 N–H and O–H groups in total. The van der Waals surface area contributed by atoms with Crippen molar-refractivity contribution in [1.29, 1.82) is 0 Å². The fraction of sp³-hybridized carbons (Fsp3) is 0.553. The van der Waals surface area contributed by atoms with E-state index < -0.39 is 40.8 Å². The largest absolute Gasteiger partial charge is 0.495 e. The monoisotopic (exact) mass is 899 g/mol. The molecular weight excluding hydrogens is 841 g/mol. The number of nitrogens with zero attached hydrogens (tertiary/aromatic N) is 6. The van der Waals surface area contributed by atoms with Crippen LogP contribution in [0.15, 0.2) is 36.5 Å². The van der Waals surface area contributed by atoms with Crippen molar-refractivity contribution in [2.45, 2.75) is 108 Å². The first-order chi connectivity index (χ1) is 31.2. The van der Waals surface area contributed by atoms with Crippen molar-refractivity contribution in [3.8, 4) is 5.75 Å². The SMILES string of the molecule is CC[C@@H]1C(=O)N(C)c2cnc(Nc3ccc(C(=O)NC4(CCO)CCN(C(=O)[C@@H]5CCCN(c6cc(F)c(C7CCC(=O)NC7=O)c(F)c6)C5)CC4C)cc3OC)nc2N1C1CCCC1. The van der Waals surface area contributed by atoms with E-state index in [2.05, 4.69) is 25.8 Å². The second-order valence-electron chi connectivity index (χ2n) is 18.2. The third kappa shape index (κ3) is 8.93. The Hall–Kier alpha value is -5.91. The molecule has 5 amide bonds. The fourth-order valence-electron chi connectivity index (χ4n) is 10.7. The normalized spacial score (nSPS) is 25.1. The number of imide groups is 1. The average molecular weight is 900 g/mol. The van der Waals surface area contributed by atoms with Gasteiger partial charge in [-0.25, -0.2) is 13.8 Å². The molecule has 1 saturated carbocycles. The molecule has 5 heterocycles. The molecule has 4 fully saturated rings. The molecule has 5 atom stereocenters. The molecule has 0 spiro atoms. The highest BCUT2D eigenvalue weighted by Crippen LogP contribution is 2.41. The molecule has 1 aliphatic carbocycles. The van der Waals surface area contributed by atoms with Crippen molar-refractivity contribution in [2.75, 3.05) is 67.0 Å². The van der Waals surface area contributed by atoms with E-state index in [1.54, 1.807) is 46.1 Å². The Labute approximate surface area is 377 Å². The van der Waals surface area contributed by atoms with Crippen LogP contribution in [0.2, 0.25) is 0 Å².